The smallest absolute Gasteiger partial charge is 0.198 e. The van der Waals surface area contributed by atoms with Crippen LogP contribution in [-0.2, 0) is 16.6 Å². The van der Waals surface area contributed by atoms with E-state index in [1.54, 1.807) is 4.31 Å². The molecule has 1 aliphatic heterocycles. The van der Waals surface area contributed by atoms with Crippen molar-refractivity contribution in [2.75, 3.05) is 11.9 Å². The maximum atomic E-state index is 12.5. The van der Waals surface area contributed by atoms with E-state index in [1.807, 2.05) is 37.3 Å². The van der Waals surface area contributed by atoms with Crippen molar-refractivity contribution in [2.45, 2.75) is 44.7 Å². The van der Waals surface area contributed by atoms with Crippen molar-refractivity contribution < 1.29 is 8.42 Å². The number of benzene rings is 1. The van der Waals surface area contributed by atoms with Crippen LogP contribution >= 0.6 is 15.9 Å². The van der Waals surface area contributed by atoms with Gasteiger partial charge < -0.3 is 0 Å². The third kappa shape index (κ3) is 4.77. The van der Waals surface area contributed by atoms with E-state index in [0.717, 1.165) is 24.8 Å². The highest BCUT2D eigenvalue weighted by molar-refractivity contribution is 9.09. The molecule has 21 heavy (non-hydrogen) atoms. The van der Waals surface area contributed by atoms with Gasteiger partial charge in [0, 0.05) is 24.0 Å². The lowest BCUT2D eigenvalue weighted by atomic mass is 10.1. The molecule has 0 radical (unpaired) electrons. The highest BCUT2D eigenvalue weighted by Gasteiger charge is 2.30. The normalized spacial score (nSPS) is 22.1. The molecule has 4 nitrogen and oxygen atoms in total. The largest absolute Gasteiger partial charge is 0.279 e. The maximum absolute atomic E-state index is 12.5. The lowest BCUT2D eigenvalue weighted by Gasteiger charge is -2.33. The first-order chi connectivity index (χ1) is 10.0. The van der Waals surface area contributed by atoms with Gasteiger partial charge in [0.05, 0.1) is 0 Å². The molecule has 6 heteroatoms. The van der Waals surface area contributed by atoms with Gasteiger partial charge in [-0.2, -0.15) is 17.4 Å². The molecule has 0 saturated carbocycles. The zero-order valence-electron chi connectivity index (χ0n) is 12.3. The van der Waals surface area contributed by atoms with Gasteiger partial charge in [0.15, 0.2) is 0 Å². The van der Waals surface area contributed by atoms with Gasteiger partial charge in [0.1, 0.15) is 0 Å². The SMILES string of the molecule is CC1CCCCN1S(=O)(=O)NC(CBr)Cc1ccccc1. The van der Waals surface area contributed by atoms with E-state index in [0.29, 0.717) is 18.3 Å². The molecular formula is C15H23BrN2O2S. The average Bonchev–Trinajstić information content (AvgIpc) is 2.47. The average molecular weight is 375 g/mol. The molecule has 1 aromatic rings. The molecule has 1 aliphatic rings. The van der Waals surface area contributed by atoms with E-state index < -0.39 is 10.2 Å². The Morgan fingerprint density at radius 3 is 2.67 bits per heavy atom. The minimum atomic E-state index is -3.41. The summed E-state index contributed by atoms with van der Waals surface area (Å²) < 4.78 is 29.6. The predicted octanol–water partition coefficient (Wildman–Crippen LogP) is 2.70. The summed E-state index contributed by atoms with van der Waals surface area (Å²) in [6.45, 7) is 2.61. The van der Waals surface area contributed by atoms with Crippen molar-refractivity contribution in [3.63, 3.8) is 0 Å². The first-order valence-electron chi connectivity index (χ1n) is 7.42. The van der Waals surface area contributed by atoms with Crippen molar-refractivity contribution in [2.24, 2.45) is 0 Å². The third-order valence-electron chi connectivity index (χ3n) is 3.88. The summed E-state index contributed by atoms with van der Waals surface area (Å²) in [4.78, 5) is 0. The third-order valence-corrected chi connectivity index (χ3v) is 6.45. The minimum Gasteiger partial charge on any atom is -0.198 e. The molecular weight excluding hydrogens is 352 g/mol. The number of nitrogens with one attached hydrogen (secondary N) is 1. The van der Waals surface area contributed by atoms with E-state index in [9.17, 15) is 8.42 Å². The number of hydrogen-bond acceptors (Lipinski definition) is 2. The van der Waals surface area contributed by atoms with Gasteiger partial charge in [-0.3, -0.25) is 0 Å². The Hall–Kier alpha value is -0.430. The predicted molar refractivity (Wildman–Crippen MR) is 89.8 cm³/mol. The van der Waals surface area contributed by atoms with Crippen LogP contribution in [-0.4, -0.2) is 36.7 Å². The monoisotopic (exact) mass is 374 g/mol. The molecule has 0 aliphatic carbocycles. The Balaban J connectivity index is 2.03. The standard InChI is InChI=1S/C15H23BrN2O2S/c1-13-7-5-6-10-18(13)21(19,20)17-15(12-16)11-14-8-3-2-4-9-14/h2-4,8-9,13,15,17H,5-7,10-12H2,1H3. The van der Waals surface area contributed by atoms with Crippen LogP contribution in [0.4, 0.5) is 0 Å². The van der Waals surface area contributed by atoms with Gasteiger partial charge in [-0.1, -0.05) is 52.7 Å². The second kappa shape index (κ2) is 7.72. The number of rotatable bonds is 6. The Morgan fingerprint density at radius 1 is 1.33 bits per heavy atom. The molecule has 1 aromatic carbocycles. The molecule has 2 atom stereocenters. The Kier molecular flexibility index (Phi) is 6.22. The van der Waals surface area contributed by atoms with Gasteiger partial charge in [0.25, 0.3) is 10.2 Å². The summed E-state index contributed by atoms with van der Waals surface area (Å²) in [5, 5.41) is 0.601. The van der Waals surface area contributed by atoms with Gasteiger partial charge in [-0.15, -0.1) is 0 Å². The van der Waals surface area contributed by atoms with Gasteiger partial charge in [-0.05, 0) is 31.7 Å². The molecule has 0 spiro atoms. The topological polar surface area (TPSA) is 49.4 Å². The van der Waals surface area contributed by atoms with Gasteiger partial charge in [-0.25, -0.2) is 0 Å². The molecule has 1 saturated heterocycles. The summed E-state index contributed by atoms with van der Waals surface area (Å²) in [5.74, 6) is 0. The van der Waals surface area contributed by atoms with Crippen LogP contribution in [0.25, 0.3) is 0 Å². The van der Waals surface area contributed by atoms with Crippen molar-refractivity contribution in [1.82, 2.24) is 9.03 Å². The van der Waals surface area contributed by atoms with Crippen molar-refractivity contribution in [1.29, 1.82) is 0 Å². The molecule has 0 bridgehead atoms. The highest BCUT2D eigenvalue weighted by Crippen LogP contribution is 2.19. The van der Waals surface area contributed by atoms with E-state index in [4.69, 9.17) is 0 Å². The summed E-state index contributed by atoms with van der Waals surface area (Å²) in [6, 6.07) is 9.91. The number of nitrogens with zero attached hydrogens (tertiary/aromatic N) is 1. The number of hydrogen-bond donors (Lipinski definition) is 1. The lowest BCUT2D eigenvalue weighted by molar-refractivity contribution is 0.264. The fourth-order valence-corrected chi connectivity index (χ4v) is 5.01. The zero-order chi connectivity index (χ0) is 15.3. The first-order valence-corrected chi connectivity index (χ1v) is 9.98. The summed E-state index contributed by atoms with van der Waals surface area (Å²) in [7, 11) is -3.41. The zero-order valence-corrected chi connectivity index (χ0v) is 14.7. The molecule has 118 valence electrons. The lowest BCUT2D eigenvalue weighted by Crippen LogP contribution is -2.51. The Bertz CT molecular complexity index is 536. The number of halogens is 1. The second-order valence-corrected chi connectivity index (χ2v) is 7.92. The van der Waals surface area contributed by atoms with Gasteiger partial charge in [0.2, 0.25) is 0 Å². The fraction of sp³-hybridized carbons (Fsp3) is 0.600. The molecule has 2 rings (SSSR count). The molecule has 0 aromatic heterocycles. The quantitative estimate of drug-likeness (QED) is 0.778. The van der Waals surface area contributed by atoms with E-state index in [2.05, 4.69) is 20.7 Å². The summed E-state index contributed by atoms with van der Waals surface area (Å²) in [5.41, 5.74) is 1.14. The van der Waals surface area contributed by atoms with Crippen LogP contribution in [0.15, 0.2) is 30.3 Å². The number of alkyl halides is 1. The van der Waals surface area contributed by atoms with Crippen LogP contribution in [0.2, 0.25) is 0 Å². The van der Waals surface area contributed by atoms with Gasteiger partial charge >= 0.3 is 0 Å². The molecule has 0 amide bonds. The summed E-state index contributed by atoms with van der Waals surface area (Å²) >= 11 is 3.42. The van der Waals surface area contributed by atoms with E-state index in [1.165, 1.54) is 0 Å². The summed E-state index contributed by atoms with van der Waals surface area (Å²) in [6.07, 6.45) is 3.69. The number of piperidine rings is 1. The molecule has 1 heterocycles. The molecule has 1 N–H and O–H groups in total. The fourth-order valence-electron chi connectivity index (χ4n) is 2.73. The second-order valence-electron chi connectivity index (χ2n) is 5.62. The van der Waals surface area contributed by atoms with Crippen LogP contribution in [0.3, 0.4) is 0 Å². The Labute approximate surface area is 136 Å². The Morgan fingerprint density at radius 2 is 2.05 bits per heavy atom. The van der Waals surface area contributed by atoms with Crippen molar-refractivity contribution in [3.8, 4) is 0 Å². The van der Waals surface area contributed by atoms with Crippen LogP contribution in [0.5, 0.6) is 0 Å². The van der Waals surface area contributed by atoms with Crippen LogP contribution < -0.4 is 4.72 Å². The van der Waals surface area contributed by atoms with Crippen molar-refractivity contribution in [3.05, 3.63) is 35.9 Å². The van der Waals surface area contributed by atoms with E-state index in [-0.39, 0.29) is 12.1 Å². The molecule has 2 unspecified atom stereocenters. The highest BCUT2D eigenvalue weighted by atomic mass is 79.9. The van der Waals surface area contributed by atoms with Crippen LogP contribution in [0, 0.1) is 0 Å². The van der Waals surface area contributed by atoms with E-state index >= 15 is 0 Å². The van der Waals surface area contributed by atoms with Crippen molar-refractivity contribution >= 4 is 26.1 Å². The minimum absolute atomic E-state index is 0.0870. The van der Waals surface area contributed by atoms with Crippen LogP contribution in [0.1, 0.15) is 31.7 Å². The molecule has 1 fully saturated rings. The first kappa shape index (κ1) is 16.9. The maximum Gasteiger partial charge on any atom is 0.279 e.